The number of rotatable bonds is 4. The van der Waals surface area contributed by atoms with Crippen molar-refractivity contribution in [1.29, 1.82) is 0 Å². The molecule has 0 radical (unpaired) electrons. The summed E-state index contributed by atoms with van der Waals surface area (Å²) in [5.74, 6) is -0.298. The van der Waals surface area contributed by atoms with Crippen LogP contribution in [0.5, 0.6) is 0 Å². The van der Waals surface area contributed by atoms with Crippen molar-refractivity contribution in [3.05, 3.63) is 48.5 Å². The summed E-state index contributed by atoms with van der Waals surface area (Å²) in [7, 11) is 0.587. The summed E-state index contributed by atoms with van der Waals surface area (Å²) >= 11 is 0. The van der Waals surface area contributed by atoms with E-state index in [1.54, 1.807) is 30.3 Å². The number of anilines is 1. The average molecular weight is 432 g/mol. The number of fused-ring (bicyclic) bond motifs is 1. The normalized spacial score (nSPS) is 28.0. The highest BCUT2D eigenvalue weighted by Gasteiger charge is 2.55. The maximum atomic E-state index is 12.4. The fraction of sp³-hybridized carbons (Fsp3) is 0.294. The standard InChI is InChI=1S/C17H21N5O5Si2/c18-12-9-13(20-6-19-12)22(7-21-9)16-17(25,29)11(23)10(26-16)15(28)27-14(24)8-4-2-1-3-5-8/h1-7,10-11,15-16,23,25H,28-29H3,(H2,18,19,20)/t10-,11+,15?,16+,17-/m0/s1. The Hall–Kier alpha value is -2.65. The smallest absolute Gasteiger partial charge is 0.338 e. The van der Waals surface area contributed by atoms with Gasteiger partial charge in [0.15, 0.2) is 17.7 Å². The number of imidazole rings is 1. The summed E-state index contributed by atoms with van der Waals surface area (Å²) < 4.78 is 13.0. The van der Waals surface area contributed by atoms with Gasteiger partial charge in [-0.2, -0.15) is 0 Å². The Morgan fingerprint density at radius 1 is 1.31 bits per heavy atom. The van der Waals surface area contributed by atoms with E-state index in [1.807, 2.05) is 0 Å². The Morgan fingerprint density at radius 2 is 2.03 bits per heavy atom. The second-order valence-corrected chi connectivity index (χ2v) is 9.92. The Balaban J connectivity index is 1.59. The number of aromatic nitrogens is 4. The van der Waals surface area contributed by atoms with E-state index in [2.05, 4.69) is 15.0 Å². The van der Waals surface area contributed by atoms with E-state index in [1.165, 1.54) is 17.2 Å². The molecule has 0 spiro atoms. The number of carbonyl (C=O) groups is 1. The first-order valence-corrected chi connectivity index (χ1v) is 11.2. The van der Waals surface area contributed by atoms with E-state index >= 15 is 0 Å². The van der Waals surface area contributed by atoms with Gasteiger partial charge in [-0.05, 0) is 12.1 Å². The molecule has 12 heteroatoms. The van der Waals surface area contributed by atoms with Crippen molar-refractivity contribution in [1.82, 2.24) is 19.5 Å². The number of hydrogen-bond donors (Lipinski definition) is 3. The van der Waals surface area contributed by atoms with Crippen LogP contribution in [0.2, 0.25) is 0 Å². The zero-order chi connectivity index (χ0) is 20.8. The van der Waals surface area contributed by atoms with Crippen LogP contribution in [0.4, 0.5) is 5.82 Å². The van der Waals surface area contributed by atoms with Crippen LogP contribution in [0.3, 0.4) is 0 Å². The minimum Gasteiger partial charge on any atom is -0.461 e. The molecule has 152 valence electrons. The van der Waals surface area contributed by atoms with Gasteiger partial charge in [0.1, 0.15) is 35.0 Å². The number of aliphatic hydroxyl groups is 2. The molecule has 1 aliphatic heterocycles. The molecule has 1 unspecified atom stereocenters. The predicted octanol–water partition coefficient (Wildman–Crippen LogP) is -2.73. The lowest BCUT2D eigenvalue weighted by Crippen LogP contribution is -2.49. The highest BCUT2D eigenvalue weighted by Crippen LogP contribution is 2.39. The van der Waals surface area contributed by atoms with Gasteiger partial charge in [-0.25, -0.2) is 19.7 Å². The molecule has 0 saturated carbocycles. The molecule has 0 amide bonds. The zero-order valence-corrected chi connectivity index (χ0v) is 19.8. The number of ether oxygens (including phenoxy) is 2. The van der Waals surface area contributed by atoms with Crippen molar-refractivity contribution in [2.45, 2.75) is 29.4 Å². The summed E-state index contributed by atoms with van der Waals surface area (Å²) in [6.07, 6.45) is -0.320. The average Bonchev–Trinajstić information content (AvgIpc) is 3.22. The number of hydrogen-bond acceptors (Lipinski definition) is 9. The third-order valence-corrected chi connectivity index (χ3v) is 7.08. The summed E-state index contributed by atoms with van der Waals surface area (Å²) in [6.45, 7) is 0. The number of esters is 1. The van der Waals surface area contributed by atoms with E-state index < -0.39 is 35.4 Å². The summed E-state index contributed by atoms with van der Waals surface area (Å²) in [5, 5.41) is 20.3. The Kier molecular flexibility index (Phi) is 4.96. The van der Waals surface area contributed by atoms with Gasteiger partial charge in [0.2, 0.25) is 0 Å². The van der Waals surface area contributed by atoms with E-state index in [-0.39, 0.29) is 16.1 Å². The first-order chi connectivity index (χ1) is 13.8. The molecule has 1 aromatic carbocycles. The maximum Gasteiger partial charge on any atom is 0.338 e. The lowest BCUT2D eigenvalue weighted by atomic mass is 10.1. The third-order valence-electron chi connectivity index (χ3n) is 5.10. The molecule has 10 nitrogen and oxygen atoms in total. The number of carbonyl (C=O) groups excluding carboxylic acids is 1. The van der Waals surface area contributed by atoms with Crippen molar-refractivity contribution >= 4 is 43.4 Å². The molecule has 1 aliphatic rings. The molecule has 3 aromatic rings. The van der Waals surface area contributed by atoms with E-state index in [4.69, 9.17) is 15.2 Å². The fourth-order valence-electron chi connectivity index (χ4n) is 3.47. The first kappa shape index (κ1) is 19.7. The van der Waals surface area contributed by atoms with Crippen LogP contribution < -0.4 is 5.73 Å². The SMILES string of the molecule is Nc1ncnc2c1ncn2[C@@H]1O[C@H](C([SiH3])OC(=O)c2ccccc2)[C@@H](O)[C@]1(O)[SiH3]. The number of nitrogens with zero attached hydrogens (tertiary/aromatic N) is 4. The number of aliphatic hydroxyl groups excluding tert-OH is 1. The second-order valence-electron chi connectivity index (χ2n) is 7.18. The minimum absolute atomic E-state index is 0.190. The van der Waals surface area contributed by atoms with Crippen LogP contribution in [0.15, 0.2) is 43.0 Å². The highest BCUT2D eigenvalue weighted by molar-refractivity contribution is 6.16. The van der Waals surface area contributed by atoms with E-state index in [9.17, 15) is 15.0 Å². The molecule has 29 heavy (non-hydrogen) atoms. The molecule has 1 fully saturated rings. The van der Waals surface area contributed by atoms with Crippen molar-refractivity contribution < 1.29 is 24.5 Å². The number of nitrogens with two attached hydrogens (primary N) is 1. The van der Waals surface area contributed by atoms with Crippen molar-refractivity contribution in [2.75, 3.05) is 5.73 Å². The lowest BCUT2D eigenvalue weighted by Gasteiger charge is -2.28. The third kappa shape index (κ3) is 3.34. The topological polar surface area (TPSA) is 146 Å². The van der Waals surface area contributed by atoms with Gasteiger partial charge in [-0.15, -0.1) is 0 Å². The van der Waals surface area contributed by atoms with Gasteiger partial charge < -0.3 is 25.4 Å². The molecule has 0 bridgehead atoms. The van der Waals surface area contributed by atoms with Gasteiger partial charge in [0.25, 0.3) is 0 Å². The predicted molar refractivity (Wildman–Crippen MR) is 110 cm³/mol. The van der Waals surface area contributed by atoms with Crippen LogP contribution in [-0.2, 0) is 9.47 Å². The molecule has 0 aliphatic carbocycles. The maximum absolute atomic E-state index is 12.4. The molecule has 4 N–H and O–H groups in total. The molecule has 2 aromatic heterocycles. The summed E-state index contributed by atoms with van der Waals surface area (Å²) in [5.41, 5.74) is 6.33. The van der Waals surface area contributed by atoms with E-state index in [0.717, 1.165) is 0 Å². The van der Waals surface area contributed by atoms with Crippen molar-refractivity contribution in [3.63, 3.8) is 0 Å². The molecular weight excluding hydrogens is 410 g/mol. The lowest BCUT2D eigenvalue weighted by molar-refractivity contribution is -0.0724. The zero-order valence-electron chi connectivity index (χ0n) is 15.8. The largest absolute Gasteiger partial charge is 0.461 e. The quantitative estimate of drug-likeness (QED) is 0.296. The van der Waals surface area contributed by atoms with Crippen LogP contribution in [0, 0.1) is 0 Å². The molecular formula is C17H21N5O5Si2. The minimum atomic E-state index is -1.54. The first-order valence-electron chi connectivity index (χ1n) is 9.05. The van der Waals surface area contributed by atoms with Gasteiger partial charge >= 0.3 is 5.97 Å². The molecule has 5 atom stereocenters. The Morgan fingerprint density at radius 3 is 2.76 bits per heavy atom. The van der Waals surface area contributed by atoms with Crippen molar-refractivity contribution in [2.24, 2.45) is 0 Å². The number of benzene rings is 1. The second kappa shape index (κ2) is 7.31. The monoisotopic (exact) mass is 431 g/mol. The van der Waals surface area contributed by atoms with Crippen molar-refractivity contribution in [3.8, 4) is 0 Å². The van der Waals surface area contributed by atoms with Crippen LogP contribution in [-0.4, -0.2) is 79.3 Å². The van der Waals surface area contributed by atoms with Gasteiger partial charge in [0.05, 0.1) is 32.4 Å². The van der Waals surface area contributed by atoms with E-state index in [0.29, 0.717) is 27.0 Å². The molecule has 3 heterocycles. The van der Waals surface area contributed by atoms with Gasteiger partial charge in [-0.3, -0.25) is 4.57 Å². The molecule has 4 rings (SSSR count). The van der Waals surface area contributed by atoms with Gasteiger partial charge in [-0.1, -0.05) is 18.2 Å². The Labute approximate surface area is 171 Å². The van der Waals surface area contributed by atoms with Crippen LogP contribution >= 0.6 is 0 Å². The number of nitrogen functional groups attached to an aromatic ring is 1. The fourth-order valence-corrected chi connectivity index (χ4v) is 4.95. The summed E-state index contributed by atoms with van der Waals surface area (Å²) in [6, 6.07) is 8.58. The van der Waals surface area contributed by atoms with Gasteiger partial charge in [0, 0.05) is 0 Å². The van der Waals surface area contributed by atoms with Crippen LogP contribution in [0.25, 0.3) is 11.2 Å². The van der Waals surface area contributed by atoms with Crippen LogP contribution in [0.1, 0.15) is 16.6 Å². The summed E-state index contributed by atoms with van der Waals surface area (Å²) in [4.78, 5) is 24.6. The Bertz CT molecular complexity index is 1050. The highest BCUT2D eigenvalue weighted by atomic mass is 28.1. The molecule has 1 saturated heterocycles.